The molecule has 7 atom stereocenters. The third kappa shape index (κ3) is 8.89. The fourth-order valence-corrected chi connectivity index (χ4v) is 9.89. The Morgan fingerprint density at radius 1 is 1.11 bits per heavy atom. The molecule has 14 heteroatoms. The number of hydrogen-bond acceptors (Lipinski definition) is 10. The van der Waals surface area contributed by atoms with Crippen LogP contribution in [0.2, 0.25) is 0 Å². The molecule has 12 nitrogen and oxygen atoms in total. The van der Waals surface area contributed by atoms with E-state index in [1.807, 2.05) is 50.3 Å². The average molecular weight is 798 g/mol. The Morgan fingerprint density at radius 2 is 1.86 bits per heavy atom. The number of hydrogen-bond donors (Lipinski definition) is 1. The topological polar surface area (TPSA) is 158 Å². The molecule has 0 bridgehead atoms. The van der Waals surface area contributed by atoms with E-state index in [2.05, 4.69) is 16.6 Å². The molecular formula is C42H56FN3O9S. The number of carbonyl (C=O) groups is 4. The summed E-state index contributed by atoms with van der Waals surface area (Å²) in [6, 6.07) is 6.35. The number of amides is 2. The molecule has 306 valence electrons. The molecule has 2 amide bonds. The van der Waals surface area contributed by atoms with Gasteiger partial charge in [-0.05, 0) is 114 Å². The second kappa shape index (κ2) is 16.1. The Hall–Kier alpha value is -4.07. The number of nitrogens with one attached hydrogen (secondary N) is 1. The lowest BCUT2D eigenvalue weighted by atomic mass is 9.82. The fraction of sp³-hybridized carbons (Fsp3) is 0.643. The second-order valence-corrected chi connectivity index (χ2v) is 19.6. The van der Waals surface area contributed by atoms with E-state index in [9.17, 15) is 32.0 Å². The minimum Gasteiger partial charge on any atom is -0.494 e. The fourth-order valence-electron chi connectivity index (χ4n) is 8.44. The molecule has 3 fully saturated rings. The van der Waals surface area contributed by atoms with Crippen LogP contribution >= 0.6 is 0 Å². The van der Waals surface area contributed by atoms with Crippen molar-refractivity contribution < 1.29 is 46.2 Å². The van der Waals surface area contributed by atoms with E-state index in [1.165, 1.54) is 4.90 Å². The maximum absolute atomic E-state index is 14.9. The van der Waals surface area contributed by atoms with Crippen molar-refractivity contribution in [1.29, 1.82) is 0 Å². The Labute approximate surface area is 329 Å². The van der Waals surface area contributed by atoms with Crippen molar-refractivity contribution in [3.05, 3.63) is 42.6 Å². The van der Waals surface area contributed by atoms with Gasteiger partial charge in [-0.1, -0.05) is 26.0 Å². The lowest BCUT2D eigenvalue weighted by molar-refractivity contribution is -0.160. The SMILES string of the molecule is CCOc1ccc2c(O[C@@H]3C[C@H]4C(=O)C[C@]5(C(=O)NS(=O)(=O)C6(CF)CC6)C[C@H]5/C=C\CC[C@H](C)C[C@@H](C)[C@H](CC(=O)OC(C)(C)C)C(=O)N4C3)nccc2c1. The van der Waals surface area contributed by atoms with E-state index >= 15 is 0 Å². The first-order valence-corrected chi connectivity index (χ1v) is 21.4. The Bertz CT molecular complexity index is 1980. The number of ketones is 1. The van der Waals surface area contributed by atoms with E-state index in [0.717, 1.165) is 17.2 Å². The van der Waals surface area contributed by atoms with Crippen LogP contribution < -0.4 is 14.2 Å². The van der Waals surface area contributed by atoms with Gasteiger partial charge in [0.25, 0.3) is 0 Å². The van der Waals surface area contributed by atoms with Crippen LogP contribution in [0.15, 0.2) is 42.6 Å². The van der Waals surface area contributed by atoms with Gasteiger partial charge < -0.3 is 19.1 Å². The van der Waals surface area contributed by atoms with Gasteiger partial charge in [0.2, 0.25) is 27.7 Å². The zero-order chi connectivity index (χ0) is 40.6. The number of aromatic nitrogens is 1. The Kier molecular flexibility index (Phi) is 11.9. The van der Waals surface area contributed by atoms with Crippen LogP contribution in [-0.2, 0) is 33.9 Å². The molecule has 2 aromatic rings. The van der Waals surface area contributed by atoms with E-state index in [0.29, 0.717) is 31.1 Å². The minimum atomic E-state index is -4.33. The molecule has 6 rings (SSSR count). The molecule has 3 heterocycles. The van der Waals surface area contributed by atoms with Gasteiger partial charge in [0.15, 0.2) is 5.78 Å². The zero-order valence-electron chi connectivity index (χ0n) is 33.3. The van der Waals surface area contributed by atoms with Crippen molar-refractivity contribution in [2.45, 2.75) is 122 Å². The third-order valence-electron chi connectivity index (χ3n) is 11.9. The van der Waals surface area contributed by atoms with Gasteiger partial charge in [-0.25, -0.2) is 17.8 Å². The molecule has 56 heavy (non-hydrogen) atoms. The van der Waals surface area contributed by atoms with Crippen LogP contribution in [-0.4, -0.2) is 84.2 Å². The molecule has 1 aromatic heterocycles. The molecule has 1 aromatic carbocycles. The largest absolute Gasteiger partial charge is 0.494 e. The number of pyridine rings is 1. The first kappa shape index (κ1) is 41.6. The molecule has 1 saturated heterocycles. The Morgan fingerprint density at radius 3 is 2.54 bits per heavy atom. The van der Waals surface area contributed by atoms with Gasteiger partial charge in [-0.2, -0.15) is 0 Å². The van der Waals surface area contributed by atoms with Crippen molar-refractivity contribution in [2.75, 3.05) is 19.8 Å². The number of esters is 1. The summed E-state index contributed by atoms with van der Waals surface area (Å²) >= 11 is 0. The van der Waals surface area contributed by atoms with Crippen LogP contribution in [0.25, 0.3) is 10.8 Å². The van der Waals surface area contributed by atoms with E-state index < -0.39 is 74.1 Å². The first-order chi connectivity index (χ1) is 26.4. The van der Waals surface area contributed by atoms with Gasteiger partial charge in [-0.3, -0.25) is 23.9 Å². The summed E-state index contributed by atoms with van der Waals surface area (Å²) in [7, 11) is -4.33. The van der Waals surface area contributed by atoms with Crippen molar-refractivity contribution >= 4 is 44.4 Å². The molecule has 2 saturated carbocycles. The molecule has 0 unspecified atom stereocenters. The van der Waals surface area contributed by atoms with Gasteiger partial charge in [-0.15, -0.1) is 0 Å². The lowest BCUT2D eigenvalue weighted by Crippen LogP contribution is -2.48. The number of carbonyl (C=O) groups excluding carboxylic acids is 4. The number of fused-ring (bicyclic) bond motifs is 3. The molecular weight excluding hydrogens is 742 g/mol. The standard InChI is InChI=1S/C42H56FN3O9S/c1-7-53-30-12-13-32-28(19-30)14-17-44-37(32)54-31-20-34-35(47)23-42(39(50)45-56(51,52)41(25-43)15-16-41)22-29(42)11-9-8-10-26(2)18-27(3)33(38(49)46(34)24-31)21-36(48)55-40(4,5)6/h9,11-14,17,19,26-27,29,31,33-34H,7-8,10,15-16,18,20-25H2,1-6H3,(H,45,50)/b11-9-/t26-,27+,29+,31+,33-,34-,42+/m0/s1. The van der Waals surface area contributed by atoms with Crippen LogP contribution in [0.5, 0.6) is 11.6 Å². The number of Topliss-reactive ketones (excluding diaryl/α,β-unsaturated/α-hetero) is 1. The quantitative estimate of drug-likeness (QED) is 0.215. The summed E-state index contributed by atoms with van der Waals surface area (Å²) in [6.45, 7) is 10.7. The zero-order valence-corrected chi connectivity index (χ0v) is 34.2. The average Bonchev–Trinajstić information content (AvgIpc) is 4.03. The van der Waals surface area contributed by atoms with Crippen molar-refractivity contribution in [3.63, 3.8) is 0 Å². The highest BCUT2D eigenvalue weighted by molar-refractivity contribution is 7.91. The molecule has 2 aliphatic carbocycles. The number of halogens is 1. The summed E-state index contributed by atoms with van der Waals surface area (Å²) in [5, 5.41) is 1.55. The normalized spacial score (nSPS) is 29.9. The van der Waals surface area contributed by atoms with Crippen LogP contribution in [0.4, 0.5) is 4.39 Å². The number of benzene rings is 1. The van der Waals surface area contributed by atoms with Gasteiger partial charge >= 0.3 is 5.97 Å². The summed E-state index contributed by atoms with van der Waals surface area (Å²) in [5.74, 6) is -2.42. The van der Waals surface area contributed by atoms with Crippen molar-refractivity contribution in [1.82, 2.24) is 14.6 Å². The van der Waals surface area contributed by atoms with E-state index in [-0.39, 0.29) is 62.8 Å². The lowest BCUT2D eigenvalue weighted by Gasteiger charge is -2.32. The number of ether oxygens (including phenoxy) is 3. The van der Waals surface area contributed by atoms with Gasteiger partial charge in [0, 0.05) is 24.4 Å². The molecule has 4 aliphatic rings. The molecule has 0 radical (unpaired) electrons. The number of nitrogens with zero attached hydrogens (tertiary/aromatic N) is 2. The second-order valence-electron chi connectivity index (χ2n) is 17.5. The molecule has 1 N–H and O–H groups in total. The smallest absolute Gasteiger partial charge is 0.307 e. The van der Waals surface area contributed by atoms with Crippen LogP contribution in [0, 0.1) is 29.1 Å². The number of alkyl halides is 1. The van der Waals surface area contributed by atoms with Crippen molar-refractivity contribution in [2.24, 2.45) is 29.1 Å². The first-order valence-electron chi connectivity index (χ1n) is 19.9. The highest BCUT2D eigenvalue weighted by Gasteiger charge is 2.63. The highest BCUT2D eigenvalue weighted by atomic mass is 32.2. The highest BCUT2D eigenvalue weighted by Crippen LogP contribution is 2.58. The van der Waals surface area contributed by atoms with E-state index in [1.54, 1.807) is 27.0 Å². The minimum absolute atomic E-state index is 0.0212. The maximum Gasteiger partial charge on any atom is 0.307 e. The van der Waals surface area contributed by atoms with Gasteiger partial charge in [0.1, 0.15) is 28.9 Å². The summed E-state index contributed by atoms with van der Waals surface area (Å²) in [5.41, 5.74) is -2.15. The summed E-state index contributed by atoms with van der Waals surface area (Å²) in [6.07, 6.45) is 6.93. The summed E-state index contributed by atoms with van der Waals surface area (Å²) < 4.78 is 58.7. The van der Waals surface area contributed by atoms with E-state index in [4.69, 9.17) is 14.2 Å². The monoisotopic (exact) mass is 797 g/mol. The van der Waals surface area contributed by atoms with Crippen LogP contribution in [0.1, 0.15) is 99.3 Å². The predicted molar refractivity (Wildman–Crippen MR) is 208 cm³/mol. The maximum atomic E-state index is 14.9. The van der Waals surface area contributed by atoms with Gasteiger partial charge in [0.05, 0.1) is 36.9 Å². The third-order valence-corrected chi connectivity index (χ3v) is 14.0. The summed E-state index contributed by atoms with van der Waals surface area (Å²) in [4.78, 5) is 62.8. The van der Waals surface area contributed by atoms with Crippen LogP contribution in [0.3, 0.4) is 0 Å². The molecule has 2 aliphatic heterocycles. The number of rotatable bonds is 10. The Balaban J connectivity index is 1.34. The number of allylic oxidation sites excluding steroid dienone is 2. The number of sulfonamides is 1. The molecule has 0 spiro atoms. The van der Waals surface area contributed by atoms with Crippen molar-refractivity contribution in [3.8, 4) is 11.6 Å². The predicted octanol–water partition coefficient (Wildman–Crippen LogP) is 6.26.